The third kappa shape index (κ3) is 3.77. The highest BCUT2D eigenvalue weighted by atomic mass is 79.9. The highest BCUT2D eigenvalue weighted by Crippen LogP contribution is 2.28. The molecule has 0 spiro atoms. The van der Waals surface area contributed by atoms with Crippen LogP contribution in [0.25, 0.3) is 0 Å². The van der Waals surface area contributed by atoms with Gasteiger partial charge in [0.05, 0.1) is 21.2 Å². The molecule has 108 valence electrons. The molecule has 0 atom stereocenters. The Hall–Kier alpha value is -1.07. The summed E-state index contributed by atoms with van der Waals surface area (Å²) in [4.78, 5) is 0.0441. The van der Waals surface area contributed by atoms with Crippen LogP contribution in [0.1, 0.15) is 5.56 Å². The van der Waals surface area contributed by atoms with Crippen molar-refractivity contribution in [2.75, 3.05) is 4.72 Å². The van der Waals surface area contributed by atoms with Gasteiger partial charge in [-0.05, 0) is 52.3 Å². The van der Waals surface area contributed by atoms with Gasteiger partial charge in [0, 0.05) is 8.95 Å². The molecule has 0 bridgehead atoms. The van der Waals surface area contributed by atoms with Crippen LogP contribution in [0.15, 0.2) is 50.2 Å². The minimum absolute atomic E-state index is 0.0441. The van der Waals surface area contributed by atoms with Crippen molar-refractivity contribution < 1.29 is 8.42 Å². The summed E-state index contributed by atoms with van der Waals surface area (Å²) in [7, 11) is -3.81. The third-order valence-electron chi connectivity index (χ3n) is 2.55. The van der Waals surface area contributed by atoms with Crippen molar-refractivity contribution >= 4 is 59.2 Å². The first-order valence-electron chi connectivity index (χ1n) is 5.51. The molecule has 0 unspecified atom stereocenters. The summed E-state index contributed by atoms with van der Waals surface area (Å²) in [6.45, 7) is 0. The molecular formula is C13H7Br2ClN2O2S. The number of hydrogen-bond donors (Lipinski definition) is 1. The molecule has 0 aromatic heterocycles. The molecule has 8 heteroatoms. The van der Waals surface area contributed by atoms with Gasteiger partial charge >= 0.3 is 0 Å². The molecule has 1 N–H and O–H groups in total. The van der Waals surface area contributed by atoms with Gasteiger partial charge in [-0.15, -0.1) is 0 Å². The lowest BCUT2D eigenvalue weighted by Gasteiger charge is -2.10. The molecule has 0 aliphatic heterocycles. The predicted octanol–water partition coefficient (Wildman–Crippen LogP) is 4.54. The summed E-state index contributed by atoms with van der Waals surface area (Å²) < 4.78 is 28.2. The Morgan fingerprint density at radius 3 is 2.48 bits per heavy atom. The Morgan fingerprint density at radius 1 is 1.14 bits per heavy atom. The molecule has 0 saturated heterocycles. The average Bonchev–Trinajstić information content (AvgIpc) is 2.41. The minimum Gasteiger partial charge on any atom is -0.278 e. The number of anilines is 1. The molecule has 2 aromatic rings. The maximum atomic E-state index is 12.3. The van der Waals surface area contributed by atoms with E-state index in [2.05, 4.69) is 36.6 Å². The van der Waals surface area contributed by atoms with Gasteiger partial charge in [-0.1, -0.05) is 27.5 Å². The van der Waals surface area contributed by atoms with Crippen LogP contribution in [-0.2, 0) is 10.0 Å². The van der Waals surface area contributed by atoms with E-state index in [0.717, 1.165) is 0 Å². The fourth-order valence-electron chi connectivity index (χ4n) is 1.55. The number of rotatable bonds is 3. The van der Waals surface area contributed by atoms with E-state index in [0.29, 0.717) is 14.0 Å². The van der Waals surface area contributed by atoms with E-state index in [-0.39, 0.29) is 16.1 Å². The highest BCUT2D eigenvalue weighted by Gasteiger charge is 2.17. The summed E-state index contributed by atoms with van der Waals surface area (Å²) in [6, 6.07) is 10.9. The Labute approximate surface area is 144 Å². The van der Waals surface area contributed by atoms with Gasteiger partial charge in [0.25, 0.3) is 10.0 Å². The topological polar surface area (TPSA) is 70.0 Å². The van der Waals surface area contributed by atoms with Crippen LogP contribution in [0, 0.1) is 11.3 Å². The number of nitrogens with one attached hydrogen (secondary N) is 1. The molecule has 0 amide bonds. The van der Waals surface area contributed by atoms with E-state index in [9.17, 15) is 8.42 Å². The second-order valence-corrected chi connectivity index (χ2v) is 7.84. The Bertz CT molecular complexity index is 848. The quantitative estimate of drug-likeness (QED) is 0.747. The third-order valence-corrected chi connectivity index (χ3v) is 5.62. The number of nitriles is 1. The smallest absolute Gasteiger partial charge is 0.261 e. The van der Waals surface area contributed by atoms with Gasteiger partial charge in [-0.2, -0.15) is 5.26 Å². The van der Waals surface area contributed by atoms with Crippen molar-refractivity contribution in [1.82, 2.24) is 0 Å². The Kier molecular flexibility index (Phi) is 4.94. The van der Waals surface area contributed by atoms with E-state index in [1.54, 1.807) is 6.07 Å². The molecule has 21 heavy (non-hydrogen) atoms. The van der Waals surface area contributed by atoms with Crippen molar-refractivity contribution in [2.24, 2.45) is 0 Å². The molecular weight excluding hydrogens is 443 g/mol. The predicted molar refractivity (Wildman–Crippen MR) is 88.8 cm³/mol. The van der Waals surface area contributed by atoms with Gasteiger partial charge in [0.15, 0.2) is 0 Å². The number of hydrogen-bond acceptors (Lipinski definition) is 3. The second-order valence-electron chi connectivity index (χ2n) is 3.98. The fourth-order valence-corrected chi connectivity index (χ4v) is 3.65. The summed E-state index contributed by atoms with van der Waals surface area (Å²) in [5, 5.41) is 9.44. The molecule has 2 aromatic carbocycles. The van der Waals surface area contributed by atoms with E-state index in [4.69, 9.17) is 16.9 Å². The van der Waals surface area contributed by atoms with Crippen LogP contribution in [0.3, 0.4) is 0 Å². The van der Waals surface area contributed by atoms with E-state index < -0.39 is 10.0 Å². The van der Waals surface area contributed by atoms with Crippen LogP contribution in [-0.4, -0.2) is 8.42 Å². The lowest BCUT2D eigenvalue weighted by atomic mass is 10.2. The van der Waals surface area contributed by atoms with Crippen molar-refractivity contribution in [3.8, 4) is 6.07 Å². The SMILES string of the molecule is N#Cc1ccc(Br)cc1NS(=O)(=O)c1ccc(Cl)c(Br)c1. The maximum Gasteiger partial charge on any atom is 0.261 e. The zero-order valence-corrected chi connectivity index (χ0v) is 15.0. The molecule has 0 heterocycles. The van der Waals surface area contributed by atoms with E-state index in [1.807, 2.05) is 6.07 Å². The molecule has 0 aliphatic rings. The molecule has 0 radical (unpaired) electrons. The number of nitrogens with zero attached hydrogens (tertiary/aromatic N) is 1. The van der Waals surface area contributed by atoms with Crippen molar-refractivity contribution in [1.29, 1.82) is 5.26 Å². The lowest BCUT2D eigenvalue weighted by Crippen LogP contribution is -2.14. The van der Waals surface area contributed by atoms with Gasteiger partial charge in [0.2, 0.25) is 0 Å². The fraction of sp³-hybridized carbons (Fsp3) is 0. The van der Waals surface area contributed by atoms with Crippen LogP contribution < -0.4 is 4.72 Å². The van der Waals surface area contributed by atoms with E-state index in [1.165, 1.54) is 30.3 Å². The van der Waals surface area contributed by atoms with E-state index >= 15 is 0 Å². The largest absolute Gasteiger partial charge is 0.278 e. The first-order valence-corrected chi connectivity index (χ1v) is 8.96. The van der Waals surface area contributed by atoms with Crippen LogP contribution in [0.2, 0.25) is 5.02 Å². The second kappa shape index (κ2) is 6.36. The summed E-state index contributed by atoms with van der Waals surface area (Å²) >= 11 is 12.3. The molecule has 0 aliphatic carbocycles. The van der Waals surface area contributed by atoms with Crippen LogP contribution in [0.5, 0.6) is 0 Å². The van der Waals surface area contributed by atoms with Crippen molar-refractivity contribution in [2.45, 2.75) is 4.90 Å². The van der Waals surface area contributed by atoms with Crippen LogP contribution >= 0.6 is 43.5 Å². The first-order chi connectivity index (χ1) is 9.83. The Morgan fingerprint density at radius 2 is 1.86 bits per heavy atom. The highest BCUT2D eigenvalue weighted by molar-refractivity contribution is 9.10. The average molecular weight is 451 g/mol. The van der Waals surface area contributed by atoms with Crippen molar-refractivity contribution in [3.63, 3.8) is 0 Å². The minimum atomic E-state index is -3.81. The molecule has 0 fully saturated rings. The standard InChI is InChI=1S/C13H7Br2ClN2O2S/c14-9-2-1-8(7-17)13(5-9)18-21(19,20)10-3-4-12(16)11(15)6-10/h1-6,18H. The first kappa shape index (κ1) is 16.3. The van der Waals surface area contributed by atoms with Gasteiger partial charge in [-0.3, -0.25) is 4.72 Å². The van der Waals surface area contributed by atoms with Gasteiger partial charge < -0.3 is 0 Å². The summed E-state index contributed by atoms with van der Waals surface area (Å²) in [5.74, 6) is 0. The molecule has 0 saturated carbocycles. The summed E-state index contributed by atoms with van der Waals surface area (Å²) in [6.07, 6.45) is 0. The summed E-state index contributed by atoms with van der Waals surface area (Å²) in [5.41, 5.74) is 0.438. The van der Waals surface area contributed by atoms with Crippen LogP contribution in [0.4, 0.5) is 5.69 Å². The normalized spacial score (nSPS) is 11.0. The zero-order chi connectivity index (χ0) is 15.6. The van der Waals surface area contributed by atoms with Crippen molar-refractivity contribution in [3.05, 3.63) is 55.9 Å². The zero-order valence-electron chi connectivity index (χ0n) is 10.3. The molecule has 4 nitrogen and oxygen atoms in total. The maximum absolute atomic E-state index is 12.3. The lowest BCUT2D eigenvalue weighted by molar-refractivity contribution is 0.601. The number of halogens is 3. The van der Waals surface area contributed by atoms with Gasteiger partial charge in [0.1, 0.15) is 6.07 Å². The Balaban J connectivity index is 2.45. The number of sulfonamides is 1. The van der Waals surface area contributed by atoms with Gasteiger partial charge in [-0.25, -0.2) is 8.42 Å². The molecule has 2 rings (SSSR count). The monoisotopic (exact) mass is 448 g/mol. The number of benzene rings is 2.